The van der Waals surface area contributed by atoms with Crippen molar-refractivity contribution < 1.29 is 22.1 Å². The number of aryl methyl sites for hydroxylation is 1. The molecule has 1 saturated heterocycles. The highest BCUT2D eigenvalue weighted by molar-refractivity contribution is 7.86. The van der Waals surface area contributed by atoms with Crippen LogP contribution in [0.3, 0.4) is 0 Å². The van der Waals surface area contributed by atoms with Crippen LogP contribution in [0.1, 0.15) is 12.0 Å². The predicted molar refractivity (Wildman–Crippen MR) is 71.7 cm³/mol. The number of benzene rings is 1. The smallest absolute Gasteiger partial charge is 0.322 e. The van der Waals surface area contributed by atoms with Crippen molar-refractivity contribution in [2.75, 3.05) is 13.7 Å². The zero-order valence-electron chi connectivity index (χ0n) is 11.3. The van der Waals surface area contributed by atoms with Crippen LogP contribution < -0.4 is 5.32 Å². The van der Waals surface area contributed by atoms with Gasteiger partial charge in [-0.2, -0.15) is 8.42 Å². The SMILES string of the molecule is COC(=O)[C@@H]1CC(OS(=O)(=O)c2ccc(C)cc2)CN1. The van der Waals surface area contributed by atoms with Crippen LogP contribution in [0.5, 0.6) is 0 Å². The minimum absolute atomic E-state index is 0.115. The molecule has 6 nitrogen and oxygen atoms in total. The summed E-state index contributed by atoms with van der Waals surface area (Å²) in [5, 5.41) is 2.88. The van der Waals surface area contributed by atoms with E-state index in [0.717, 1.165) is 5.56 Å². The standard InChI is InChI=1S/C13H17NO5S/c1-9-3-5-11(6-4-9)20(16,17)19-10-7-12(14-8-10)13(15)18-2/h3-6,10,12,14H,7-8H2,1-2H3/t10?,12-/m0/s1. The van der Waals surface area contributed by atoms with E-state index >= 15 is 0 Å². The fourth-order valence-corrected chi connectivity index (χ4v) is 3.12. The van der Waals surface area contributed by atoms with Crippen LogP contribution in [0.25, 0.3) is 0 Å². The Morgan fingerprint density at radius 2 is 1.95 bits per heavy atom. The molecule has 0 radical (unpaired) electrons. The molecule has 0 bridgehead atoms. The highest BCUT2D eigenvalue weighted by Gasteiger charge is 2.34. The van der Waals surface area contributed by atoms with Gasteiger partial charge in [0.1, 0.15) is 6.04 Å². The molecule has 1 N–H and O–H groups in total. The number of nitrogens with one attached hydrogen (secondary N) is 1. The average molecular weight is 299 g/mol. The maximum atomic E-state index is 12.1. The molecule has 110 valence electrons. The topological polar surface area (TPSA) is 81.7 Å². The third kappa shape index (κ3) is 3.36. The molecule has 1 aliphatic rings. The van der Waals surface area contributed by atoms with Crippen molar-refractivity contribution in [3.63, 3.8) is 0 Å². The minimum atomic E-state index is -3.81. The van der Waals surface area contributed by atoms with Gasteiger partial charge in [0, 0.05) is 13.0 Å². The van der Waals surface area contributed by atoms with Crippen LogP contribution in [-0.2, 0) is 23.8 Å². The Kier molecular flexibility index (Phi) is 4.42. The maximum Gasteiger partial charge on any atom is 0.322 e. The molecule has 0 amide bonds. The van der Waals surface area contributed by atoms with E-state index in [1.54, 1.807) is 12.1 Å². The van der Waals surface area contributed by atoms with Crippen molar-refractivity contribution in [2.45, 2.75) is 30.4 Å². The van der Waals surface area contributed by atoms with Gasteiger partial charge >= 0.3 is 5.97 Å². The zero-order valence-corrected chi connectivity index (χ0v) is 12.1. The molecule has 1 aliphatic heterocycles. The van der Waals surface area contributed by atoms with Crippen LogP contribution in [-0.4, -0.2) is 40.2 Å². The van der Waals surface area contributed by atoms with E-state index in [1.807, 2.05) is 6.92 Å². The maximum absolute atomic E-state index is 12.1. The number of carbonyl (C=O) groups is 1. The molecule has 1 aromatic rings. The van der Waals surface area contributed by atoms with Gasteiger partial charge in [0.05, 0.1) is 18.1 Å². The summed E-state index contributed by atoms with van der Waals surface area (Å²) in [5.41, 5.74) is 0.970. The van der Waals surface area contributed by atoms with Crippen molar-refractivity contribution in [1.82, 2.24) is 5.32 Å². The number of ether oxygens (including phenoxy) is 1. The second-order valence-electron chi connectivity index (χ2n) is 4.71. The number of rotatable bonds is 4. The highest BCUT2D eigenvalue weighted by Crippen LogP contribution is 2.19. The van der Waals surface area contributed by atoms with E-state index in [1.165, 1.54) is 19.2 Å². The van der Waals surface area contributed by atoms with E-state index in [-0.39, 0.29) is 11.3 Å². The number of carbonyl (C=O) groups excluding carboxylic acids is 1. The lowest BCUT2D eigenvalue weighted by atomic mass is 10.2. The first kappa shape index (κ1) is 15.0. The van der Waals surface area contributed by atoms with Gasteiger partial charge in [0.2, 0.25) is 0 Å². The fraction of sp³-hybridized carbons (Fsp3) is 0.462. The predicted octanol–water partition coefficient (Wildman–Crippen LogP) is 0.604. The lowest BCUT2D eigenvalue weighted by Gasteiger charge is -2.11. The molecule has 1 unspecified atom stereocenters. The lowest BCUT2D eigenvalue weighted by Crippen LogP contribution is -2.31. The van der Waals surface area contributed by atoms with Gasteiger partial charge in [-0.05, 0) is 19.1 Å². The van der Waals surface area contributed by atoms with E-state index in [9.17, 15) is 13.2 Å². The van der Waals surface area contributed by atoms with Crippen LogP contribution in [0.4, 0.5) is 0 Å². The van der Waals surface area contributed by atoms with Crippen LogP contribution >= 0.6 is 0 Å². The quantitative estimate of drug-likeness (QED) is 0.648. The first-order valence-electron chi connectivity index (χ1n) is 6.23. The summed E-state index contributed by atoms with van der Waals surface area (Å²) < 4.78 is 33.9. The largest absolute Gasteiger partial charge is 0.468 e. The Bertz CT molecular complexity index is 581. The van der Waals surface area contributed by atoms with Crippen LogP contribution in [0.15, 0.2) is 29.2 Å². The van der Waals surface area contributed by atoms with Gasteiger partial charge in [-0.15, -0.1) is 0 Å². The first-order valence-corrected chi connectivity index (χ1v) is 7.64. The molecule has 20 heavy (non-hydrogen) atoms. The van der Waals surface area contributed by atoms with E-state index in [2.05, 4.69) is 10.1 Å². The Hall–Kier alpha value is -1.44. The Morgan fingerprint density at radius 1 is 1.30 bits per heavy atom. The molecule has 0 saturated carbocycles. The normalized spacial score (nSPS) is 22.7. The highest BCUT2D eigenvalue weighted by atomic mass is 32.2. The molecule has 1 heterocycles. The summed E-state index contributed by atoms with van der Waals surface area (Å²) in [6.07, 6.45) is -0.289. The monoisotopic (exact) mass is 299 g/mol. The number of hydrogen-bond acceptors (Lipinski definition) is 6. The van der Waals surface area contributed by atoms with Crippen molar-refractivity contribution >= 4 is 16.1 Å². The Labute approximate surface area is 118 Å². The van der Waals surface area contributed by atoms with Crippen LogP contribution in [0, 0.1) is 6.92 Å². The van der Waals surface area contributed by atoms with Gasteiger partial charge in [-0.25, -0.2) is 0 Å². The van der Waals surface area contributed by atoms with Gasteiger partial charge in [0.15, 0.2) is 0 Å². The Morgan fingerprint density at radius 3 is 2.55 bits per heavy atom. The lowest BCUT2D eigenvalue weighted by molar-refractivity contribution is -0.142. The molecular formula is C13H17NO5S. The number of hydrogen-bond donors (Lipinski definition) is 1. The van der Waals surface area contributed by atoms with Gasteiger partial charge in [-0.3, -0.25) is 8.98 Å². The molecule has 1 fully saturated rings. The molecule has 0 spiro atoms. The summed E-state index contributed by atoms with van der Waals surface area (Å²) in [6.45, 7) is 2.17. The molecule has 7 heteroatoms. The summed E-state index contributed by atoms with van der Waals surface area (Å²) in [7, 11) is -2.52. The Balaban J connectivity index is 2.03. The van der Waals surface area contributed by atoms with Gasteiger partial charge in [-0.1, -0.05) is 17.7 Å². The molecule has 0 aliphatic carbocycles. The third-order valence-corrected chi connectivity index (χ3v) is 4.52. The number of methoxy groups -OCH3 is 1. The van der Waals surface area contributed by atoms with Gasteiger partial charge < -0.3 is 10.1 Å². The van der Waals surface area contributed by atoms with Crippen molar-refractivity contribution in [1.29, 1.82) is 0 Å². The molecule has 2 rings (SSSR count). The van der Waals surface area contributed by atoms with E-state index in [4.69, 9.17) is 4.18 Å². The zero-order chi connectivity index (χ0) is 14.8. The fourth-order valence-electron chi connectivity index (χ4n) is 2.04. The van der Waals surface area contributed by atoms with Crippen LogP contribution in [0.2, 0.25) is 0 Å². The van der Waals surface area contributed by atoms with Crippen molar-refractivity contribution in [3.05, 3.63) is 29.8 Å². The average Bonchev–Trinajstić information content (AvgIpc) is 2.86. The molecular weight excluding hydrogens is 282 g/mol. The summed E-state index contributed by atoms with van der Waals surface area (Å²) in [4.78, 5) is 11.5. The second kappa shape index (κ2) is 5.90. The first-order chi connectivity index (χ1) is 9.42. The summed E-state index contributed by atoms with van der Waals surface area (Å²) in [6, 6.07) is 5.91. The van der Waals surface area contributed by atoms with E-state index < -0.39 is 28.2 Å². The minimum Gasteiger partial charge on any atom is -0.468 e. The number of esters is 1. The molecule has 2 atom stereocenters. The second-order valence-corrected chi connectivity index (χ2v) is 6.28. The summed E-state index contributed by atoms with van der Waals surface area (Å²) >= 11 is 0. The van der Waals surface area contributed by atoms with E-state index in [0.29, 0.717) is 6.54 Å². The third-order valence-electron chi connectivity index (χ3n) is 3.15. The van der Waals surface area contributed by atoms with Crippen molar-refractivity contribution in [2.24, 2.45) is 0 Å². The van der Waals surface area contributed by atoms with Crippen molar-refractivity contribution in [3.8, 4) is 0 Å². The van der Waals surface area contributed by atoms with Gasteiger partial charge in [0.25, 0.3) is 10.1 Å². The molecule has 0 aromatic heterocycles. The summed E-state index contributed by atoms with van der Waals surface area (Å²) in [5.74, 6) is -0.413. The molecule has 1 aromatic carbocycles.